The SMILES string of the molecule is Nc1ncc(-c2nc(N3CCOCC3)nc3c2CCN3CS(=O)O)cn1. The lowest BCUT2D eigenvalue weighted by molar-refractivity contribution is 0.122. The zero-order valence-electron chi connectivity index (χ0n) is 14.0. The van der Waals surface area contributed by atoms with Crippen molar-refractivity contribution < 1.29 is 13.5 Å². The minimum absolute atomic E-state index is 0.0181. The van der Waals surface area contributed by atoms with Gasteiger partial charge >= 0.3 is 0 Å². The van der Waals surface area contributed by atoms with Crippen LogP contribution < -0.4 is 15.5 Å². The molecule has 4 rings (SSSR count). The summed E-state index contributed by atoms with van der Waals surface area (Å²) in [5.41, 5.74) is 8.01. The van der Waals surface area contributed by atoms with E-state index in [1.54, 1.807) is 12.4 Å². The van der Waals surface area contributed by atoms with Gasteiger partial charge in [-0.05, 0) is 6.42 Å². The molecule has 4 heterocycles. The van der Waals surface area contributed by atoms with Crippen molar-refractivity contribution in [2.24, 2.45) is 0 Å². The minimum Gasteiger partial charge on any atom is -0.378 e. The number of ether oxygens (including phenoxy) is 1. The molecule has 2 aromatic rings. The third-order valence-electron chi connectivity index (χ3n) is 4.41. The number of anilines is 3. The van der Waals surface area contributed by atoms with Gasteiger partial charge < -0.3 is 24.8 Å². The van der Waals surface area contributed by atoms with E-state index in [-0.39, 0.29) is 11.8 Å². The van der Waals surface area contributed by atoms with Crippen LogP contribution in [0.2, 0.25) is 0 Å². The molecule has 0 aliphatic carbocycles. The number of fused-ring (bicyclic) bond motifs is 1. The van der Waals surface area contributed by atoms with Gasteiger partial charge in [0.2, 0.25) is 11.9 Å². The van der Waals surface area contributed by atoms with Crippen LogP contribution in [0.5, 0.6) is 0 Å². The van der Waals surface area contributed by atoms with Crippen LogP contribution in [0.15, 0.2) is 12.4 Å². The maximum Gasteiger partial charge on any atom is 0.228 e. The highest BCUT2D eigenvalue weighted by atomic mass is 32.2. The van der Waals surface area contributed by atoms with E-state index in [4.69, 9.17) is 15.5 Å². The lowest BCUT2D eigenvalue weighted by atomic mass is 10.1. The van der Waals surface area contributed by atoms with Crippen molar-refractivity contribution in [1.29, 1.82) is 0 Å². The fraction of sp³-hybridized carbons (Fsp3) is 0.467. The molecule has 1 saturated heterocycles. The first kappa shape index (κ1) is 17.1. The number of rotatable bonds is 4. The number of hydrogen-bond donors (Lipinski definition) is 2. The van der Waals surface area contributed by atoms with Crippen molar-refractivity contribution in [1.82, 2.24) is 19.9 Å². The van der Waals surface area contributed by atoms with Gasteiger partial charge in [0.05, 0.1) is 18.9 Å². The van der Waals surface area contributed by atoms with Gasteiger partial charge in [-0.15, -0.1) is 0 Å². The summed E-state index contributed by atoms with van der Waals surface area (Å²) >= 11 is -1.94. The monoisotopic (exact) mass is 377 g/mol. The van der Waals surface area contributed by atoms with Gasteiger partial charge in [0.15, 0.2) is 11.1 Å². The highest BCUT2D eigenvalue weighted by Gasteiger charge is 2.29. The van der Waals surface area contributed by atoms with Crippen molar-refractivity contribution >= 4 is 28.8 Å². The molecular formula is C15H19N7O3S. The summed E-state index contributed by atoms with van der Waals surface area (Å²) in [7, 11) is 0. The smallest absolute Gasteiger partial charge is 0.228 e. The molecule has 0 amide bonds. The van der Waals surface area contributed by atoms with Crippen molar-refractivity contribution in [3.05, 3.63) is 18.0 Å². The number of nitrogens with two attached hydrogens (primary N) is 1. The summed E-state index contributed by atoms with van der Waals surface area (Å²) in [5.74, 6) is 1.49. The molecule has 0 bridgehead atoms. The van der Waals surface area contributed by atoms with E-state index in [9.17, 15) is 8.76 Å². The lowest BCUT2D eigenvalue weighted by Gasteiger charge is -2.28. The Hall–Kier alpha value is -2.37. The number of nitrogens with zero attached hydrogens (tertiary/aromatic N) is 6. The molecular weight excluding hydrogens is 358 g/mol. The minimum atomic E-state index is -1.94. The Kier molecular flexibility index (Phi) is 4.66. The van der Waals surface area contributed by atoms with Crippen molar-refractivity contribution in [2.45, 2.75) is 6.42 Å². The molecule has 0 radical (unpaired) electrons. The second-order valence-electron chi connectivity index (χ2n) is 6.07. The summed E-state index contributed by atoms with van der Waals surface area (Å²) in [6.07, 6.45) is 3.97. The normalized spacial score (nSPS) is 18.0. The molecule has 2 aliphatic rings. The zero-order valence-corrected chi connectivity index (χ0v) is 14.9. The van der Waals surface area contributed by atoms with E-state index in [2.05, 4.69) is 19.9 Å². The van der Waals surface area contributed by atoms with Gasteiger partial charge in [-0.25, -0.2) is 19.2 Å². The van der Waals surface area contributed by atoms with E-state index in [0.29, 0.717) is 51.0 Å². The van der Waals surface area contributed by atoms with Crippen LogP contribution in [-0.2, 0) is 22.2 Å². The summed E-state index contributed by atoms with van der Waals surface area (Å²) in [5, 5.41) is 0. The van der Waals surface area contributed by atoms with E-state index in [1.807, 2.05) is 4.90 Å². The van der Waals surface area contributed by atoms with Crippen LogP contribution in [-0.4, -0.2) is 67.4 Å². The molecule has 3 N–H and O–H groups in total. The van der Waals surface area contributed by atoms with Crippen molar-refractivity contribution in [3.8, 4) is 11.3 Å². The predicted molar refractivity (Wildman–Crippen MR) is 97.2 cm³/mol. The largest absolute Gasteiger partial charge is 0.378 e. The molecule has 0 saturated carbocycles. The Morgan fingerprint density at radius 1 is 1.19 bits per heavy atom. The molecule has 1 unspecified atom stereocenters. The molecule has 10 nitrogen and oxygen atoms in total. The molecule has 1 fully saturated rings. The Labute approximate surface area is 152 Å². The molecule has 2 aromatic heterocycles. The molecule has 2 aliphatic heterocycles. The van der Waals surface area contributed by atoms with Crippen LogP contribution in [0.4, 0.5) is 17.7 Å². The maximum absolute atomic E-state index is 11.3. The summed E-state index contributed by atoms with van der Waals surface area (Å²) in [6, 6.07) is 0. The molecule has 0 spiro atoms. The topological polar surface area (TPSA) is 131 Å². The van der Waals surface area contributed by atoms with Crippen LogP contribution in [0.3, 0.4) is 0 Å². The zero-order chi connectivity index (χ0) is 18.1. The molecule has 0 aromatic carbocycles. The van der Waals surface area contributed by atoms with Crippen molar-refractivity contribution in [3.63, 3.8) is 0 Å². The number of aromatic nitrogens is 4. The van der Waals surface area contributed by atoms with E-state index < -0.39 is 11.1 Å². The second-order valence-corrected chi connectivity index (χ2v) is 6.97. The van der Waals surface area contributed by atoms with Crippen LogP contribution in [0, 0.1) is 0 Å². The standard InChI is InChI=1S/C15H19N7O3S/c16-14-17-7-10(8-18-14)12-11-1-2-22(9-26(23)24)13(11)20-15(19-12)21-3-5-25-6-4-21/h7-8H,1-6,9H2,(H,23,24)(H2,16,17,18). The number of nitrogen functional groups attached to an aromatic ring is 1. The first-order valence-corrected chi connectivity index (χ1v) is 9.53. The Bertz CT molecular complexity index is 827. The van der Waals surface area contributed by atoms with Gasteiger partial charge in [0, 0.05) is 43.2 Å². The Balaban J connectivity index is 1.80. The Morgan fingerprint density at radius 3 is 2.62 bits per heavy atom. The van der Waals surface area contributed by atoms with E-state index in [1.165, 1.54) is 0 Å². The molecule has 1 atom stereocenters. The van der Waals surface area contributed by atoms with Crippen molar-refractivity contribution in [2.75, 3.05) is 54.3 Å². The average molecular weight is 377 g/mol. The van der Waals surface area contributed by atoms with Gasteiger partial charge in [-0.3, -0.25) is 0 Å². The molecule has 26 heavy (non-hydrogen) atoms. The average Bonchev–Trinajstić information content (AvgIpc) is 3.05. The van der Waals surface area contributed by atoms with Gasteiger partial charge in [-0.1, -0.05) is 0 Å². The number of morpholine rings is 1. The van der Waals surface area contributed by atoms with Crippen LogP contribution >= 0.6 is 0 Å². The second kappa shape index (κ2) is 7.09. The van der Waals surface area contributed by atoms with Crippen LogP contribution in [0.1, 0.15) is 5.56 Å². The highest BCUT2D eigenvalue weighted by Crippen LogP contribution is 2.35. The fourth-order valence-corrected chi connectivity index (χ4v) is 3.69. The summed E-state index contributed by atoms with van der Waals surface area (Å²) < 4.78 is 26.0. The lowest BCUT2D eigenvalue weighted by Crippen LogP contribution is -2.37. The summed E-state index contributed by atoms with van der Waals surface area (Å²) in [4.78, 5) is 21.4. The molecule has 138 valence electrons. The fourth-order valence-electron chi connectivity index (χ4n) is 3.17. The predicted octanol–water partition coefficient (Wildman–Crippen LogP) is -0.106. The van der Waals surface area contributed by atoms with Gasteiger partial charge in [0.1, 0.15) is 11.7 Å². The first-order valence-electron chi connectivity index (χ1n) is 8.26. The third kappa shape index (κ3) is 3.32. The maximum atomic E-state index is 11.3. The number of hydrogen-bond acceptors (Lipinski definition) is 9. The van der Waals surface area contributed by atoms with Crippen LogP contribution in [0.25, 0.3) is 11.3 Å². The highest BCUT2D eigenvalue weighted by molar-refractivity contribution is 7.79. The Morgan fingerprint density at radius 2 is 1.92 bits per heavy atom. The summed E-state index contributed by atoms with van der Waals surface area (Å²) in [6.45, 7) is 3.24. The quantitative estimate of drug-likeness (QED) is 0.696. The molecule has 11 heteroatoms. The van der Waals surface area contributed by atoms with Gasteiger partial charge in [-0.2, -0.15) is 4.98 Å². The van der Waals surface area contributed by atoms with E-state index >= 15 is 0 Å². The van der Waals surface area contributed by atoms with Gasteiger partial charge in [0.25, 0.3) is 0 Å². The first-order chi connectivity index (χ1) is 12.6. The van der Waals surface area contributed by atoms with E-state index in [0.717, 1.165) is 16.8 Å². The third-order valence-corrected chi connectivity index (χ3v) is 4.94.